The van der Waals surface area contributed by atoms with E-state index in [0.717, 1.165) is 32.0 Å². The van der Waals surface area contributed by atoms with Gasteiger partial charge in [-0.2, -0.15) is 0 Å². The molecule has 0 saturated heterocycles. The zero-order chi connectivity index (χ0) is 12.9. The highest BCUT2D eigenvalue weighted by molar-refractivity contribution is 5.78. The van der Waals surface area contributed by atoms with E-state index in [2.05, 4.69) is 24.2 Å². The largest absolute Gasteiger partial charge is 0.480 e. The number of aliphatic carboxylic acids is 1. The summed E-state index contributed by atoms with van der Waals surface area (Å²) in [7, 11) is 2.13. The van der Waals surface area contributed by atoms with Crippen molar-refractivity contribution >= 4 is 5.97 Å². The first-order valence-electron chi connectivity index (χ1n) is 6.68. The van der Waals surface area contributed by atoms with Crippen molar-refractivity contribution in [3.05, 3.63) is 0 Å². The third kappa shape index (κ3) is 4.64. The van der Waals surface area contributed by atoms with Crippen LogP contribution in [0.5, 0.6) is 0 Å². The van der Waals surface area contributed by atoms with Gasteiger partial charge in [-0.05, 0) is 59.2 Å². The van der Waals surface area contributed by atoms with Crippen LogP contribution in [0.3, 0.4) is 0 Å². The Morgan fingerprint density at radius 1 is 1.53 bits per heavy atom. The van der Waals surface area contributed by atoms with Crippen LogP contribution in [-0.2, 0) is 4.79 Å². The average Bonchev–Trinajstić information content (AvgIpc) is 3.09. The second kappa shape index (κ2) is 6.36. The maximum atomic E-state index is 11.3. The van der Waals surface area contributed by atoms with Crippen LogP contribution >= 0.6 is 0 Å². The summed E-state index contributed by atoms with van der Waals surface area (Å²) in [5, 5.41) is 12.4. The van der Waals surface area contributed by atoms with E-state index in [9.17, 15) is 9.90 Å². The third-order valence-electron chi connectivity index (χ3n) is 3.60. The van der Waals surface area contributed by atoms with E-state index in [4.69, 9.17) is 0 Å². The van der Waals surface area contributed by atoms with Crippen molar-refractivity contribution in [2.45, 2.75) is 57.5 Å². The SMILES string of the molecule is CCCNC(C)(CCCN(C)C1CC1)C(=O)O. The predicted octanol–water partition coefficient (Wildman–Crippen LogP) is 1.70. The standard InChI is InChI=1S/C13H26N2O2/c1-4-9-14-13(2,12(16)17)8-5-10-15(3)11-6-7-11/h11,14H,4-10H2,1-3H3,(H,16,17). The second-order valence-electron chi connectivity index (χ2n) is 5.38. The Hall–Kier alpha value is -0.610. The molecular formula is C13H26N2O2. The van der Waals surface area contributed by atoms with Crippen molar-refractivity contribution in [1.29, 1.82) is 0 Å². The molecule has 17 heavy (non-hydrogen) atoms. The Balaban J connectivity index is 2.29. The molecule has 0 spiro atoms. The fraction of sp³-hybridized carbons (Fsp3) is 0.923. The lowest BCUT2D eigenvalue weighted by atomic mass is 9.95. The first-order valence-corrected chi connectivity index (χ1v) is 6.68. The van der Waals surface area contributed by atoms with E-state index < -0.39 is 11.5 Å². The zero-order valence-electron chi connectivity index (χ0n) is 11.3. The van der Waals surface area contributed by atoms with Gasteiger partial charge >= 0.3 is 5.97 Å². The zero-order valence-corrected chi connectivity index (χ0v) is 11.3. The lowest BCUT2D eigenvalue weighted by Gasteiger charge is -2.27. The third-order valence-corrected chi connectivity index (χ3v) is 3.60. The minimum Gasteiger partial charge on any atom is -0.480 e. The number of carbonyl (C=O) groups is 1. The smallest absolute Gasteiger partial charge is 0.323 e. The van der Waals surface area contributed by atoms with Crippen LogP contribution in [0.25, 0.3) is 0 Å². The molecule has 4 heteroatoms. The highest BCUT2D eigenvalue weighted by atomic mass is 16.4. The molecule has 0 bridgehead atoms. The van der Waals surface area contributed by atoms with E-state index in [-0.39, 0.29) is 0 Å². The normalized spacial score (nSPS) is 19.3. The fourth-order valence-corrected chi connectivity index (χ4v) is 2.05. The second-order valence-corrected chi connectivity index (χ2v) is 5.38. The minimum absolute atomic E-state index is 0.694. The highest BCUT2D eigenvalue weighted by Gasteiger charge is 2.32. The van der Waals surface area contributed by atoms with Crippen molar-refractivity contribution in [3.63, 3.8) is 0 Å². The Bertz CT molecular complexity index is 254. The molecule has 2 N–H and O–H groups in total. The summed E-state index contributed by atoms with van der Waals surface area (Å²) in [6, 6.07) is 0.759. The van der Waals surface area contributed by atoms with Gasteiger partial charge in [0.25, 0.3) is 0 Å². The summed E-state index contributed by atoms with van der Waals surface area (Å²) in [5.74, 6) is -0.736. The van der Waals surface area contributed by atoms with Crippen LogP contribution in [0.15, 0.2) is 0 Å². The fourth-order valence-electron chi connectivity index (χ4n) is 2.05. The van der Waals surface area contributed by atoms with Gasteiger partial charge in [-0.25, -0.2) is 0 Å². The molecule has 100 valence electrons. The summed E-state index contributed by atoms with van der Waals surface area (Å²) in [6.45, 7) is 5.61. The summed E-state index contributed by atoms with van der Waals surface area (Å²) >= 11 is 0. The molecule has 1 unspecified atom stereocenters. The number of rotatable bonds is 9. The number of carboxylic acids is 1. The lowest BCUT2D eigenvalue weighted by molar-refractivity contribution is -0.144. The Morgan fingerprint density at radius 2 is 2.18 bits per heavy atom. The van der Waals surface area contributed by atoms with Crippen LogP contribution in [0.1, 0.15) is 46.0 Å². The first kappa shape index (κ1) is 14.5. The molecule has 0 amide bonds. The number of carboxylic acid groups (broad SMARTS) is 1. The van der Waals surface area contributed by atoms with Gasteiger partial charge in [0.1, 0.15) is 5.54 Å². The molecule has 0 aromatic heterocycles. The Kier molecular flexibility index (Phi) is 5.40. The number of nitrogens with zero attached hydrogens (tertiary/aromatic N) is 1. The molecule has 0 heterocycles. The summed E-state index contributed by atoms with van der Waals surface area (Å²) < 4.78 is 0. The molecule has 1 aliphatic rings. The quantitative estimate of drug-likeness (QED) is 0.646. The summed E-state index contributed by atoms with van der Waals surface area (Å²) in [5.41, 5.74) is -0.763. The van der Waals surface area contributed by atoms with E-state index in [0.29, 0.717) is 6.42 Å². The molecule has 1 atom stereocenters. The molecule has 0 aromatic carbocycles. The molecule has 4 nitrogen and oxygen atoms in total. The average molecular weight is 242 g/mol. The van der Waals surface area contributed by atoms with Crippen molar-refractivity contribution in [3.8, 4) is 0 Å². The molecule has 1 rings (SSSR count). The Morgan fingerprint density at radius 3 is 2.65 bits per heavy atom. The van der Waals surface area contributed by atoms with Crippen LogP contribution in [0.2, 0.25) is 0 Å². The maximum absolute atomic E-state index is 11.3. The molecule has 1 fully saturated rings. The van der Waals surface area contributed by atoms with Crippen molar-refractivity contribution in [2.75, 3.05) is 20.1 Å². The maximum Gasteiger partial charge on any atom is 0.323 e. The van der Waals surface area contributed by atoms with E-state index in [1.54, 1.807) is 6.92 Å². The van der Waals surface area contributed by atoms with E-state index in [1.165, 1.54) is 12.8 Å². The topological polar surface area (TPSA) is 52.6 Å². The number of nitrogens with one attached hydrogen (secondary N) is 1. The minimum atomic E-state index is -0.763. The van der Waals surface area contributed by atoms with Gasteiger partial charge in [-0.1, -0.05) is 6.92 Å². The van der Waals surface area contributed by atoms with Gasteiger partial charge < -0.3 is 15.3 Å². The van der Waals surface area contributed by atoms with Crippen molar-refractivity contribution < 1.29 is 9.90 Å². The summed E-state index contributed by atoms with van der Waals surface area (Å²) in [4.78, 5) is 13.6. The monoisotopic (exact) mass is 242 g/mol. The van der Waals surface area contributed by atoms with Crippen LogP contribution in [0.4, 0.5) is 0 Å². The van der Waals surface area contributed by atoms with E-state index in [1.807, 2.05) is 0 Å². The van der Waals surface area contributed by atoms with Crippen molar-refractivity contribution in [2.24, 2.45) is 0 Å². The predicted molar refractivity (Wildman–Crippen MR) is 69.2 cm³/mol. The summed E-state index contributed by atoms with van der Waals surface area (Å²) in [6.07, 6.45) is 5.21. The molecule has 1 saturated carbocycles. The van der Waals surface area contributed by atoms with Gasteiger partial charge in [-0.3, -0.25) is 4.79 Å². The van der Waals surface area contributed by atoms with Crippen LogP contribution in [-0.4, -0.2) is 47.7 Å². The molecule has 1 aliphatic carbocycles. The first-order chi connectivity index (χ1) is 7.99. The van der Waals surface area contributed by atoms with Gasteiger partial charge in [0, 0.05) is 6.04 Å². The van der Waals surface area contributed by atoms with Gasteiger partial charge in [0.05, 0.1) is 0 Å². The van der Waals surface area contributed by atoms with Gasteiger partial charge in [0.15, 0.2) is 0 Å². The number of hydrogen-bond donors (Lipinski definition) is 2. The van der Waals surface area contributed by atoms with Gasteiger partial charge in [-0.15, -0.1) is 0 Å². The lowest BCUT2D eigenvalue weighted by Crippen LogP contribution is -2.50. The molecule has 0 aromatic rings. The van der Waals surface area contributed by atoms with Crippen LogP contribution < -0.4 is 5.32 Å². The van der Waals surface area contributed by atoms with Crippen molar-refractivity contribution in [1.82, 2.24) is 10.2 Å². The van der Waals surface area contributed by atoms with Gasteiger partial charge in [0.2, 0.25) is 0 Å². The molecular weight excluding hydrogens is 216 g/mol. The van der Waals surface area contributed by atoms with E-state index >= 15 is 0 Å². The molecule has 0 aliphatic heterocycles. The van der Waals surface area contributed by atoms with Crippen LogP contribution in [0, 0.1) is 0 Å². The highest BCUT2D eigenvalue weighted by Crippen LogP contribution is 2.25. The molecule has 0 radical (unpaired) electrons. The Labute approximate surface area is 104 Å². The number of hydrogen-bond acceptors (Lipinski definition) is 3.